The summed E-state index contributed by atoms with van der Waals surface area (Å²) in [6, 6.07) is 8.01. The summed E-state index contributed by atoms with van der Waals surface area (Å²) in [5.74, 6) is 0.466. The molecule has 0 unspecified atom stereocenters. The van der Waals surface area contributed by atoms with Gasteiger partial charge >= 0.3 is 0 Å². The van der Waals surface area contributed by atoms with Gasteiger partial charge in [0, 0.05) is 36.9 Å². The van der Waals surface area contributed by atoms with Crippen molar-refractivity contribution in [3.05, 3.63) is 48.0 Å². The molecule has 1 aromatic heterocycles. The van der Waals surface area contributed by atoms with Gasteiger partial charge in [-0.1, -0.05) is 0 Å². The average Bonchev–Trinajstić information content (AvgIpc) is 2.57. The molecule has 0 bridgehead atoms. The Bertz CT molecular complexity index is 631. The van der Waals surface area contributed by atoms with E-state index < -0.39 is 0 Å². The van der Waals surface area contributed by atoms with Crippen LogP contribution in [0.2, 0.25) is 0 Å². The van der Waals surface area contributed by atoms with Gasteiger partial charge in [0.25, 0.3) is 5.91 Å². The first kappa shape index (κ1) is 14.5. The van der Waals surface area contributed by atoms with Gasteiger partial charge in [0.15, 0.2) is 0 Å². The Balaban J connectivity index is 1.65. The van der Waals surface area contributed by atoms with Gasteiger partial charge in [-0.25, -0.2) is 9.97 Å². The predicted octanol–water partition coefficient (Wildman–Crippen LogP) is 3.03. The highest BCUT2D eigenvalue weighted by molar-refractivity contribution is 6.03. The van der Waals surface area contributed by atoms with Crippen LogP contribution >= 0.6 is 0 Å². The largest absolute Gasteiger partial charge is 0.372 e. The highest BCUT2D eigenvalue weighted by Crippen LogP contribution is 2.22. The number of anilines is 2. The van der Waals surface area contributed by atoms with E-state index in [2.05, 4.69) is 32.3 Å². The minimum absolute atomic E-state index is 0.189. The van der Waals surface area contributed by atoms with Crippen molar-refractivity contribution in [3.63, 3.8) is 0 Å². The van der Waals surface area contributed by atoms with Gasteiger partial charge in [-0.3, -0.25) is 4.79 Å². The van der Waals surface area contributed by atoms with E-state index in [9.17, 15) is 4.79 Å². The number of hydrogen-bond donors (Lipinski definition) is 1. The number of hydrogen-bond acceptors (Lipinski definition) is 4. The number of benzene rings is 1. The summed E-state index contributed by atoms with van der Waals surface area (Å²) in [5, 5.41) is 2.87. The molecule has 3 rings (SSSR count). The first-order valence-corrected chi connectivity index (χ1v) is 7.67. The lowest BCUT2D eigenvalue weighted by molar-refractivity contribution is 0.102. The van der Waals surface area contributed by atoms with Gasteiger partial charge in [0.1, 0.15) is 5.82 Å². The number of rotatable bonds is 3. The van der Waals surface area contributed by atoms with Crippen LogP contribution in [0.25, 0.3) is 0 Å². The molecule has 0 aliphatic carbocycles. The molecule has 1 amide bonds. The molecule has 2 aromatic rings. The molecule has 114 valence electrons. The second-order valence-electron chi connectivity index (χ2n) is 5.57. The fourth-order valence-corrected chi connectivity index (χ4v) is 2.62. The lowest BCUT2D eigenvalue weighted by Gasteiger charge is -2.28. The summed E-state index contributed by atoms with van der Waals surface area (Å²) in [6.45, 7) is 4.03. The van der Waals surface area contributed by atoms with Crippen molar-refractivity contribution in [1.29, 1.82) is 0 Å². The molecule has 0 saturated carbocycles. The molecule has 0 spiro atoms. The molecule has 2 heterocycles. The van der Waals surface area contributed by atoms with E-state index in [1.165, 1.54) is 24.9 Å². The number of nitrogens with one attached hydrogen (secondary N) is 1. The molecule has 1 aliphatic heterocycles. The summed E-state index contributed by atoms with van der Waals surface area (Å²) in [6.07, 6.45) is 6.92. The van der Waals surface area contributed by atoms with Crippen molar-refractivity contribution in [2.45, 2.75) is 26.2 Å². The van der Waals surface area contributed by atoms with E-state index in [1.54, 1.807) is 19.3 Å². The van der Waals surface area contributed by atoms with Crippen LogP contribution in [0, 0.1) is 6.92 Å². The fraction of sp³-hybridized carbons (Fsp3) is 0.353. The number of piperidine rings is 1. The van der Waals surface area contributed by atoms with Crippen LogP contribution in [0.4, 0.5) is 11.4 Å². The Morgan fingerprint density at radius 3 is 2.32 bits per heavy atom. The summed E-state index contributed by atoms with van der Waals surface area (Å²) in [5.41, 5.74) is 2.47. The Morgan fingerprint density at radius 2 is 1.68 bits per heavy atom. The predicted molar refractivity (Wildman–Crippen MR) is 87.2 cm³/mol. The molecule has 1 aromatic carbocycles. The van der Waals surface area contributed by atoms with Crippen molar-refractivity contribution in [2.75, 3.05) is 23.3 Å². The standard InChI is InChI=1S/C17H20N4O/c1-13-18-11-14(12-19-13)17(22)20-15-5-7-16(8-6-15)21-9-3-2-4-10-21/h5-8,11-12H,2-4,9-10H2,1H3,(H,20,22). The topological polar surface area (TPSA) is 58.1 Å². The normalized spacial score (nSPS) is 14.7. The van der Waals surface area contributed by atoms with E-state index in [1.807, 2.05) is 12.1 Å². The zero-order valence-corrected chi connectivity index (χ0v) is 12.7. The van der Waals surface area contributed by atoms with Gasteiger partial charge in [0.05, 0.1) is 5.56 Å². The van der Waals surface area contributed by atoms with E-state index in [0.717, 1.165) is 18.8 Å². The lowest BCUT2D eigenvalue weighted by Crippen LogP contribution is -2.29. The summed E-state index contributed by atoms with van der Waals surface area (Å²) >= 11 is 0. The molecule has 0 radical (unpaired) electrons. The first-order chi connectivity index (χ1) is 10.7. The highest BCUT2D eigenvalue weighted by atomic mass is 16.1. The molecule has 5 heteroatoms. The molecule has 1 aliphatic rings. The molecule has 1 saturated heterocycles. The van der Waals surface area contributed by atoms with Crippen molar-refractivity contribution in [3.8, 4) is 0 Å². The minimum atomic E-state index is -0.189. The maximum absolute atomic E-state index is 12.1. The van der Waals surface area contributed by atoms with Gasteiger partial charge in [-0.15, -0.1) is 0 Å². The SMILES string of the molecule is Cc1ncc(C(=O)Nc2ccc(N3CCCCC3)cc2)cn1. The molecule has 1 N–H and O–H groups in total. The lowest BCUT2D eigenvalue weighted by atomic mass is 10.1. The molecule has 22 heavy (non-hydrogen) atoms. The summed E-state index contributed by atoms with van der Waals surface area (Å²) < 4.78 is 0. The van der Waals surface area contributed by atoms with Gasteiger partial charge in [-0.05, 0) is 50.5 Å². The van der Waals surface area contributed by atoms with Gasteiger partial charge < -0.3 is 10.2 Å². The molecule has 1 fully saturated rings. The zero-order chi connectivity index (χ0) is 15.4. The quantitative estimate of drug-likeness (QED) is 0.946. The molecule has 5 nitrogen and oxygen atoms in total. The second-order valence-corrected chi connectivity index (χ2v) is 5.57. The number of aryl methyl sites for hydroxylation is 1. The zero-order valence-electron chi connectivity index (χ0n) is 12.7. The summed E-state index contributed by atoms with van der Waals surface area (Å²) in [7, 11) is 0. The number of carbonyl (C=O) groups is 1. The number of carbonyl (C=O) groups excluding carboxylic acids is 1. The summed E-state index contributed by atoms with van der Waals surface area (Å²) in [4.78, 5) is 22.6. The van der Waals surface area contributed by atoms with Crippen molar-refractivity contribution in [2.24, 2.45) is 0 Å². The third-order valence-electron chi connectivity index (χ3n) is 3.89. The second kappa shape index (κ2) is 6.56. The Morgan fingerprint density at radius 1 is 1.05 bits per heavy atom. The third kappa shape index (κ3) is 3.42. The van der Waals surface area contributed by atoms with Crippen LogP contribution in [0.15, 0.2) is 36.7 Å². The van der Waals surface area contributed by atoms with Crippen molar-refractivity contribution >= 4 is 17.3 Å². The first-order valence-electron chi connectivity index (χ1n) is 7.67. The van der Waals surface area contributed by atoms with Crippen LogP contribution < -0.4 is 10.2 Å². The Hall–Kier alpha value is -2.43. The van der Waals surface area contributed by atoms with Crippen molar-refractivity contribution < 1.29 is 4.79 Å². The highest BCUT2D eigenvalue weighted by Gasteiger charge is 2.11. The van der Waals surface area contributed by atoms with Crippen molar-refractivity contribution in [1.82, 2.24) is 9.97 Å². The number of amides is 1. The van der Waals surface area contributed by atoms with E-state index in [4.69, 9.17) is 0 Å². The Labute approximate surface area is 130 Å². The van der Waals surface area contributed by atoms with Gasteiger partial charge in [0.2, 0.25) is 0 Å². The average molecular weight is 296 g/mol. The van der Waals surface area contributed by atoms with Gasteiger partial charge in [-0.2, -0.15) is 0 Å². The number of nitrogens with zero attached hydrogens (tertiary/aromatic N) is 3. The maximum Gasteiger partial charge on any atom is 0.258 e. The monoisotopic (exact) mass is 296 g/mol. The van der Waals surface area contributed by atoms with Crippen LogP contribution in [0.5, 0.6) is 0 Å². The number of aromatic nitrogens is 2. The van der Waals surface area contributed by atoms with E-state index in [0.29, 0.717) is 11.4 Å². The van der Waals surface area contributed by atoms with E-state index >= 15 is 0 Å². The van der Waals surface area contributed by atoms with Crippen LogP contribution in [0.1, 0.15) is 35.4 Å². The smallest absolute Gasteiger partial charge is 0.258 e. The van der Waals surface area contributed by atoms with Crippen LogP contribution in [-0.4, -0.2) is 29.0 Å². The van der Waals surface area contributed by atoms with Crippen LogP contribution in [-0.2, 0) is 0 Å². The molecule has 0 atom stereocenters. The molecular formula is C17H20N4O. The van der Waals surface area contributed by atoms with E-state index in [-0.39, 0.29) is 5.91 Å². The van der Waals surface area contributed by atoms with Crippen LogP contribution in [0.3, 0.4) is 0 Å². The minimum Gasteiger partial charge on any atom is -0.372 e. The Kier molecular flexibility index (Phi) is 4.32. The third-order valence-corrected chi connectivity index (χ3v) is 3.89. The molecular weight excluding hydrogens is 276 g/mol. The fourth-order valence-electron chi connectivity index (χ4n) is 2.62. The maximum atomic E-state index is 12.1.